The molecule has 2 aromatic rings. The maximum absolute atomic E-state index is 12.1. The van der Waals surface area contributed by atoms with Crippen LogP contribution in [0.2, 0.25) is 10.0 Å². The van der Waals surface area contributed by atoms with E-state index in [2.05, 4.69) is 4.98 Å². The summed E-state index contributed by atoms with van der Waals surface area (Å²) in [5.41, 5.74) is 1.61. The van der Waals surface area contributed by atoms with Crippen LogP contribution in [0.3, 0.4) is 0 Å². The number of carbonyl (C=O) groups excluding carboxylic acids is 1. The lowest BCUT2D eigenvalue weighted by molar-refractivity contribution is -0.125. The van der Waals surface area contributed by atoms with Crippen LogP contribution in [0.15, 0.2) is 48.8 Å². The lowest BCUT2D eigenvalue weighted by atomic mass is 10.2. The number of likely N-dealkylation sites (N-methyl/N-ethyl adjacent to an activating group) is 1. The second kappa shape index (κ2) is 7.25. The number of nitrogens with zero attached hydrogens (tertiary/aromatic N) is 2. The predicted molar refractivity (Wildman–Crippen MR) is 86.2 cm³/mol. The van der Waals surface area contributed by atoms with Gasteiger partial charge >= 0.3 is 0 Å². The van der Waals surface area contributed by atoms with Crippen LogP contribution >= 0.6 is 23.2 Å². The number of hydrogen-bond donors (Lipinski definition) is 0. The average molecular weight is 321 g/mol. The van der Waals surface area contributed by atoms with Gasteiger partial charge in [0.05, 0.1) is 0 Å². The van der Waals surface area contributed by atoms with Crippen molar-refractivity contribution in [1.29, 1.82) is 0 Å². The quantitative estimate of drug-likeness (QED) is 0.796. The summed E-state index contributed by atoms with van der Waals surface area (Å²) in [5, 5.41) is 1.03. The van der Waals surface area contributed by atoms with Gasteiger partial charge in [-0.15, -0.1) is 0 Å². The van der Waals surface area contributed by atoms with Gasteiger partial charge in [-0.25, -0.2) is 0 Å². The number of hydrogen-bond acceptors (Lipinski definition) is 2. The second-order valence-corrected chi connectivity index (χ2v) is 5.34. The Morgan fingerprint density at radius 2 is 1.95 bits per heavy atom. The van der Waals surface area contributed by atoms with Crippen molar-refractivity contribution in [2.45, 2.75) is 6.54 Å². The molecule has 0 atom stereocenters. The van der Waals surface area contributed by atoms with Crippen molar-refractivity contribution in [2.24, 2.45) is 0 Å². The molecule has 1 amide bonds. The summed E-state index contributed by atoms with van der Waals surface area (Å²) in [4.78, 5) is 17.7. The maximum Gasteiger partial charge on any atom is 0.246 e. The summed E-state index contributed by atoms with van der Waals surface area (Å²) in [5.74, 6) is -0.130. The topological polar surface area (TPSA) is 33.2 Å². The molecule has 3 nitrogen and oxygen atoms in total. The molecule has 0 N–H and O–H groups in total. The van der Waals surface area contributed by atoms with Crippen LogP contribution in [0, 0.1) is 0 Å². The van der Waals surface area contributed by atoms with Gasteiger partial charge in [-0.1, -0.05) is 35.3 Å². The summed E-state index contributed by atoms with van der Waals surface area (Å²) in [6.45, 7) is 0.493. The Morgan fingerprint density at radius 3 is 2.57 bits per heavy atom. The third-order valence-corrected chi connectivity index (χ3v) is 3.57. The van der Waals surface area contributed by atoms with Crippen molar-refractivity contribution in [3.63, 3.8) is 0 Å². The third-order valence-electron chi connectivity index (χ3n) is 2.91. The standard InChI is InChI=1S/C16H14Cl2N2O/c1-20(11-12-4-3-9-19-10-12)16(21)8-7-13-14(17)5-2-6-15(13)18/h2-10H,11H2,1H3/b8-7+. The Balaban J connectivity index is 2.05. The molecule has 0 saturated heterocycles. The highest BCUT2D eigenvalue weighted by molar-refractivity contribution is 6.37. The van der Waals surface area contributed by atoms with Crippen LogP contribution in [-0.2, 0) is 11.3 Å². The molecule has 5 heteroatoms. The van der Waals surface area contributed by atoms with Gasteiger partial charge < -0.3 is 4.90 Å². The van der Waals surface area contributed by atoms with Crippen LogP contribution in [0.1, 0.15) is 11.1 Å². The van der Waals surface area contributed by atoms with Crippen LogP contribution in [0.5, 0.6) is 0 Å². The smallest absolute Gasteiger partial charge is 0.246 e. The summed E-state index contributed by atoms with van der Waals surface area (Å²) in [6, 6.07) is 8.99. The molecule has 1 heterocycles. The molecular weight excluding hydrogens is 307 g/mol. The zero-order valence-electron chi connectivity index (χ0n) is 11.5. The van der Waals surface area contributed by atoms with Crippen molar-refractivity contribution in [1.82, 2.24) is 9.88 Å². The number of carbonyl (C=O) groups is 1. The average Bonchev–Trinajstić information content (AvgIpc) is 2.47. The van der Waals surface area contributed by atoms with Gasteiger partial charge in [-0.05, 0) is 29.8 Å². The zero-order valence-corrected chi connectivity index (χ0v) is 13.0. The number of rotatable bonds is 4. The lowest BCUT2D eigenvalue weighted by Crippen LogP contribution is -2.24. The number of aromatic nitrogens is 1. The van der Waals surface area contributed by atoms with Crippen molar-refractivity contribution in [3.05, 3.63) is 70.0 Å². The minimum absolute atomic E-state index is 0.130. The van der Waals surface area contributed by atoms with Gasteiger partial charge in [0.2, 0.25) is 5.91 Å². The summed E-state index contributed by atoms with van der Waals surface area (Å²) >= 11 is 12.1. The Hall–Kier alpha value is -1.84. The van der Waals surface area contributed by atoms with Gasteiger partial charge in [-0.2, -0.15) is 0 Å². The molecule has 21 heavy (non-hydrogen) atoms. The van der Waals surface area contributed by atoms with Crippen LogP contribution in [0.25, 0.3) is 6.08 Å². The fraction of sp³-hybridized carbons (Fsp3) is 0.125. The molecule has 1 aromatic carbocycles. The highest BCUT2D eigenvalue weighted by Gasteiger charge is 2.07. The first-order valence-electron chi connectivity index (χ1n) is 6.34. The van der Waals surface area contributed by atoms with Crippen molar-refractivity contribution in [2.75, 3.05) is 7.05 Å². The normalized spacial score (nSPS) is 10.8. The molecule has 108 valence electrons. The highest BCUT2D eigenvalue weighted by atomic mass is 35.5. The highest BCUT2D eigenvalue weighted by Crippen LogP contribution is 2.25. The first kappa shape index (κ1) is 15.5. The minimum Gasteiger partial charge on any atom is -0.338 e. The summed E-state index contributed by atoms with van der Waals surface area (Å²) in [7, 11) is 1.73. The molecule has 0 bridgehead atoms. The zero-order chi connectivity index (χ0) is 15.2. The van der Waals surface area contributed by atoms with Crippen molar-refractivity contribution in [3.8, 4) is 0 Å². The van der Waals surface area contributed by atoms with Gasteiger partial charge in [0.15, 0.2) is 0 Å². The fourth-order valence-corrected chi connectivity index (χ4v) is 2.32. The number of benzene rings is 1. The van der Waals surface area contributed by atoms with Gasteiger partial charge in [-0.3, -0.25) is 9.78 Å². The monoisotopic (exact) mass is 320 g/mol. The third kappa shape index (κ3) is 4.31. The molecule has 0 radical (unpaired) electrons. The van der Waals surface area contributed by atoms with E-state index in [-0.39, 0.29) is 5.91 Å². The van der Waals surface area contributed by atoms with E-state index < -0.39 is 0 Å². The van der Waals surface area contributed by atoms with E-state index in [1.807, 2.05) is 12.1 Å². The fourth-order valence-electron chi connectivity index (χ4n) is 1.80. The maximum atomic E-state index is 12.1. The number of amides is 1. The first-order valence-corrected chi connectivity index (χ1v) is 7.09. The Bertz CT molecular complexity index is 636. The minimum atomic E-state index is -0.130. The Labute approximate surface area is 133 Å². The molecule has 0 aliphatic carbocycles. The molecule has 1 aromatic heterocycles. The van der Waals surface area contributed by atoms with E-state index in [4.69, 9.17) is 23.2 Å². The number of halogens is 2. The molecule has 2 rings (SSSR count). The second-order valence-electron chi connectivity index (χ2n) is 4.52. The van der Waals surface area contributed by atoms with E-state index in [1.54, 1.807) is 48.6 Å². The van der Waals surface area contributed by atoms with Crippen molar-refractivity contribution >= 4 is 35.2 Å². The van der Waals surface area contributed by atoms with Gasteiger partial charge in [0.25, 0.3) is 0 Å². The Morgan fingerprint density at radius 1 is 1.24 bits per heavy atom. The molecular formula is C16H14Cl2N2O. The van der Waals surface area contributed by atoms with Gasteiger partial charge in [0, 0.05) is 47.7 Å². The number of pyridine rings is 1. The van der Waals surface area contributed by atoms with Crippen LogP contribution in [-0.4, -0.2) is 22.8 Å². The summed E-state index contributed by atoms with van der Waals surface area (Å²) < 4.78 is 0. The van der Waals surface area contributed by atoms with Crippen LogP contribution in [0.4, 0.5) is 0 Å². The lowest BCUT2D eigenvalue weighted by Gasteiger charge is -2.14. The molecule has 0 saturated carbocycles. The van der Waals surface area contributed by atoms with E-state index in [1.165, 1.54) is 6.08 Å². The van der Waals surface area contributed by atoms with E-state index in [0.29, 0.717) is 22.2 Å². The molecule has 0 unspecified atom stereocenters. The van der Waals surface area contributed by atoms with E-state index in [0.717, 1.165) is 5.56 Å². The largest absolute Gasteiger partial charge is 0.338 e. The molecule has 0 fully saturated rings. The molecule has 0 spiro atoms. The first-order chi connectivity index (χ1) is 10.1. The van der Waals surface area contributed by atoms with Crippen LogP contribution < -0.4 is 0 Å². The SMILES string of the molecule is CN(Cc1cccnc1)C(=O)/C=C/c1c(Cl)cccc1Cl. The van der Waals surface area contributed by atoms with Gasteiger partial charge in [0.1, 0.15) is 0 Å². The summed E-state index contributed by atoms with van der Waals surface area (Å²) in [6.07, 6.45) is 6.53. The molecule has 0 aliphatic heterocycles. The van der Waals surface area contributed by atoms with E-state index >= 15 is 0 Å². The Kier molecular flexibility index (Phi) is 5.37. The van der Waals surface area contributed by atoms with E-state index in [9.17, 15) is 4.79 Å². The predicted octanol–water partition coefficient (Wildman–Crippen LogP) is 4.06. The van der Waals surface area contributed by atoms with Crippen molar-refractivity contribution < 1.29 is 4.79 Å². The molecule has 0 aliphatic rings.